The minimum Gasteiger partial charge on any atom is -0.343 e. The lowest BCUT2D eigenvalue weighted by Gasteiger charge is -1.96. The van der Waals surface area contributed by atoms with Gasteiger partial charge in [-0.15, -0.1) is 0 Å². The zero-order chi connectivity index (χ0) is 16.8. The Labute approximate surface area is 136 Å². The lowest BCUT2D eigenvalue weighted by Crippen LogP contribution is -2.20. The number of amides is 1. The number of H-pyrrole nitrogens is 1. The van der Waals surface area contributed by atoms with Gasteiger partial charge in [-0.3, -0.25) is 14.6 Å². The van der Waals surface area contributed by atoms with Crippen LogP contribution >= 0.6 is 0 Å². The summed E-state index contributed by atoms with van der Waals surface area (Å²) in [6, 6.07) is 6.86. The quantitative estimate of drug-likeness (QED) is 0.681. The maximum Gasteiger partial charge on any atom is 0.259 e. The summed E-state index contributed by atoms with van der Waals surface area (Å²) in [6.07, 6.45) is 7.84. The molecule has 3 rings (SSSR count). The molecule has 0 bridgehead atoms. The molecule has 0 saturated carbocycles. The molecule has 0 saturated heterocycles. The summed E-state index contributed by atoms with van der Waals surface area (Å²) >= 11 is 0. The SMILES string of the molecule is O=C(/C=C\c1cccnc1)NCc1nc(-c2ccc[nH]c2=O)no1. The van der Waals surface area contributed by atoms with Crippen molar-refractivity contribution in [3.05, 3.63) is 70.7 Å². The molecule has 0 radical (unpaired) electrons. The monoisotopic (exact) mass is 323 g/mol. The van der Waals surface area contributed by atoms with Crippen molar-refractivity contribution in [1.29, 1.82) is 0 Å². The second-order valence-electron chi connectivity index (χ2n) is 4.76. The Hall–Kier alpha value is -3.55. The summed E-state index contributed by atoms with van der Waals surface area (Å²) in [5, 5.41) is 6.36. The molecule has 8 heteroatoms. The fourth-order valence-corrected chi connectivity index (χ4v) is 1.90. The summed E-state index contributed by atoms with van der Waals surface area (Å²) in [7, 11) is 0. The van der Waals surface area contributed by atoms with Gasteiger partial charge in [-0.1, -0.05) is 11.2 Å². The highest BCUT2D eigenvalue weighted by molar-refractivity contribution is 5.91. The van der Waals surface area contributed by atoms with E-state index in [0.29, 0.717) is 5.56 Å². The summed E-state index contributed by atoms with van der Waals surface area (Å²) < 4.78 is 5.02. The molecule has 3 heterocycles. The smallest absolute Gasteiger partial charge is 0.259 e. The molecule has 0 unspecified atom stereocenters. The summed E-state index contributed by atoms with van der Waals surface area (Å²) in [4.78, 5) is 34.0. The zero-order valence-corrected chi connectivity index (χ0v) is 12.5. The number of carbonyl (C=O) groups is 1. The number of aromatic amines is 1. The van der Waals surface area contributed by atoms with Crippen molar-refractivity contribution in [3.63, 3.8) is 0 Å². The predicted molar refractivity (Wildman–Crippen MR) is 85.5 cm³/mol. The Kier molecular flexibility index (Phi) is 4.57. The van der Waals surface area contributed by atoms with Crippen LogP contribution in [0, 0.1) is 0 Å². The first-order chi connectivity index (χ1) is 11.7. The van der Waals surface area contributed by atoms with Gasteiger partial charge in [0.1, 0.15) is 0 Å². The van der Waals surface area contributed by atoms with Gasteiger partial charge >= 0.3 is 0 Å². The molecule has 0 aliphatic heterocycles. The van der Waals surface area contributed by atoms with Crippen LogP contribution in [0.1, 0.15) is 11.5 Å². The van der Waals surface area contributed by atoms with E-state index in [9.17, 15) is 9.59 Å². The predicted octanol–water partition coefficient (Wildman–Crippen LogP) is 1.15. The van der Waals surface area contributed by atoms with Crippen LogP contribution in [-0.4, -0.2) is 26.0 Å². The maximum absolute atomic E-state index is 11.8. The number of hydrogen-bond donors (Lipinski definition) is 2. The second kappa shape index (κ2) is 7.14. The molecule has 0 aliphatic rings. The van der Waals surface area contributed by atoms with E-state index in [2.05, 4.69) is 25.4 Å². The first-order valence-electron chi connectivity index (χ1n) is 7.09. The third kappa shape index (κ3) is 3.80. The molecular formula is C16H13N5O3. The van der Waals surface area contributed by atoms with E-state index in [4.69, 9.17) is 4.52 Å². The number of rotatable bonds is 5. The van der Waals surface area contributed by atoms with Crippen LogP contribution in [0.5, 0.6) is 0 Å². The molecule has 8 nitrogen and oxygen atoms in total. The van der Waals surface area contributed by atoms with Crippen molar-refractivity contribution in [2.75, 3.05) is 0 Å². The van der Waals surface area contributed by atoms with Crippen molar-refractivity contribution in [3.8, 4) is 11.4 Å². The lowest BCUT2D eigenvalue weighted by molar-refractivity contribution is -0.116. The Morgan fingerprint density at radius 3 is 3.04 bits per heavy atom. The molecule has 120 valence electrons. The first-order valence-corrected chi connectivity index (χ1v) is 7.09. The third-order valence-electron chi connectivity index (χ3n) is 3.05. The first kappa shape index (κ1) is 15.3. The van der Waals surface area contributed by atoms with E-state index in [1.54, 1.807) is 36.7 Å². The van der Waals surface area contributed by atoms with Gasteiger partial charge in [0.05, 0.1) is 12.1 Å². The fourth-order valence-electron chi connectivity index (χ4n) is 1.90. The topological polar surface area (TPSA) is 114 Å². The molecule has 0 atom stereocenters. The van der Waals surface area contributed by atoms with Gasteiger partial charge in [0.2, 0.25) is 17.6 Å². The van der Waals surface area contributed by atoms with E-state index in [0.717, 1.165) is 5.56 Å². The molecule has 0 aromatic carbocycles. The van der Waals surface area contributed by atoms with Crippen molar-refractivity contribution in [2.24, 2.45) is 0 Å². The van der Waals surface area contributed by atoms with Crippen LogP contribution in [0.2, 0.25) is 0 Å². The number of hydrogen-bond acceptors (Lipinski definition) is 6. The number of nitrogens with one attached hydrogen (secondary N) is 2. The van der Waals surface area contributed by atoms with Gasteiger partial charge < -0.3 is 14.8 Å². The van der Waals surface area contributed by atoms with E-state index < -0.39 is 0 Å². The Balaban J connectivity index is 1.60. The summed E-state index contributed by atoms with van der Waals surface area (Å²) in [5.74, 6) is 0.0690. The van der Waals surface area contributed by atoms with Crippen LogP contribution in [0.4, 0.5) is 0 Å². The summed E-state index contributed by atoms with van der Waals surface area (Å²) in [6.45, 7) is 0.0634. The molecule has 24 heavy (non-hydrogen) atoms. The standard InChI is InChI=1S/C16H13N5O3/c22-13(6-5-11-3-1-7-17-9-11)19-10-14-20-15(21-24-14)12-4-2-8-18-16(12)23/h1-9H,10H2,(H,18,23)(H,19,22)/b6-5-. The second-order valence-corrected chi connectivity index (χ2v) is 4.76. The lowest BCUT2D eigenvalue weighted by atomic mass is 10.2. The molecule has 2 N–H and O–H groups in total. The van der Waals surface area contributed by atoms with Crippen molar-refractivity contribution < 1.29 is 9.32 Å². The molecule has 3 aromatic heterocycles. The molecule has 0 fully saturated rings. The molecular weight excluding hydrogens is 310 g/mol. The average Bonchev–Trinajstić information content (AvgIpc) is 3.08. The van der Waals surface area contributed by atoms with Gasteiger partial charge in [0, 0.05) is 24.7 Å². The molecule has 1 amide bonds. The minimum absolute atomic E-state index is 0.0634. The van der Waals surface area contributed by atoms with Gasteiger partial charge in [-0.2, -0.15) is 4.98 Å². The highest BCUT2D eigenvalue weighted by Gasteiger charge is 2.11. The van der Waals surface area contributed by atoms with Gasteiger partial charge in [-0.25, -0.2) is 0 Å². The van der Waals surface area contributed by atoms with Gasteiger partial charge in [-0.05, 0) is 29.8 Å². The van der Waals surface area contributed by atoms with Gasteiger partial charge in [0.25, 0.3) is 5.56 Å². The van der Waals surface area contributed by atoms with E-state index in [1.165, 1.54) is 12.3 Å². The Morgan fingerprint density at radius 1 is 1.33 bits per heavy atom. The Morgan fingerprint density at radius 2 is 2.25 bits per heavy atom. The van der Waals surface area contributed by atoms with E-state index in [1.807, 2.05) is 6.07 Å². The molecule has 0 spiro atoms. The molecule has 0 aliphatic carbocycles. The van der Waals surface area contributed by atoms with Crippen molar-refractivity contribution in [2.45, 2.75) is 6.54 Å². The zero-order valence-electron chi connectivity index (χ0n) is 12.5. The summed E-state index contributed by atoms with van der Waals surface area (Å²) in [5.41, 5.74) is 0.805. The normalized spacial score (nSPS) is 10.8. The maximum atomic E-state index is 11.8. The van der Waals surface area contributed by atoms with Crippen LogP contribution in [0.3, 0.4) is 0 Å². The highest BCUT2D eigenvalue weighted by atomic mass is 16.5. The number of nitrogens with zero attached hydrogens (tertiary/aromatic N) is 3. The number of pyridine rings is 2. The van der Waals surface area contributed by atoms with E-state index in [-0.39, 0.29) is 29.7 Å². The van der Waals surface area contributed by atoms with E-state index >= 15 is 0 Å². The molecule has 3 aromatic rings. The van der Waals surface area contributed by atoms with Crippen LogP contribution in [0.15, 0.2) is 58.2 Å². The minimum atomic E-state index is -0.312. The van der Waals surface area contributed by atoms with Crippen LogP contribution in [-0.2, 0) is 11.3 Å². The van der Waals surface area contributed by atoms with Gasteiger partial charge in [0.15, 0.2) is 0 Å². The van der Waals surface area contributed by atoms with Crippen molar-refractivity contribution in [1.82, 2.24) is 25.4 Å². The average molecular weight is 323 g/mol. The largest absolute Gasteiger partial charge is 0.343 e. The van der Waals surface area contributed by atoms with Crippen molar-refractivity contribution >= 4 is 12.0 Å². The third-order valence-corrected chi connectivity index (χ3v) is 3.05. The highest BCUT2D eigenvalue weighted by Crippen LogP contribution is 2.09. The Bertz CT molecular complexity index is 914. The number of aromatic nitrogens is 4. The fraction of sp³-hybridized carbons (Fsp3) is 0.0625. The number of carbonyl (C=O) groups excluding carboxylic acids is 1. The van der Waals surface area contributed by atoms with Crippen LogP contribution in [0.25, 0.3) is 17.5 Å². The van der Waals surface area contributed by atoms with Crippen LogP contribution < -0.4 is 10.9 Å².